The zero-order valence-electron chi connectivity index (χ0n) is 8.73. The van der Waals surface area contributed by atoms with Crippen molar-refractivity contribution in [3.05, 3.63) is 28.2 Å². The molecule has 0 saturated heterocycles. The molecule has 1 nitrogen and oxygen atoms in total. The van der Waals surface area contributed by atoms with E-state index in [0.717, 1.165) is 0 Å². The van der Waals surface area contributed by atoms with Gasteiger partial charge in [-0.05, 0) is 56.9 Å². The first kappa shape index (κ1) is 10.0. The minimum Gasteiger partial charge on any atom is -0.380 e. The van der Waals surface area contributed by atoms with Gasteiger partial charge in [0, 0.05) is 15.7 Å². The van der Waals surface area contributed by atoms with Crippen molar-refractivity contribution in [2.45, 2.75) is 38.6 Å². The van der Waals surface area contributed by atoms with E-state index in [9.17, 15) is 0 Å². The van der Waals surface area contributed by atoms with Gasteiger partial charge in [-0.1, -0.05) is 15.9 Å². The fraction of sp³-hybridized carbons (Fsp3) is 0.500. The second kappa shape index (κ2) is 3.58. The number of hydrogen-bond acceptors (Lipinski definition) is 1. The highest BCUT2D eigenvalue weighted by atomic mass is 79.9. The fourth-order valence-electron chi connectivity index (χ4n) is 2.04. The van der Waals surface area contributed by atoms with Crippen LogP contribution in [0.1, 0.15) is 32.3 Å². The van der Waals surface area contributed by atoms with Gasteiger partial charge in [0.2, 0.25) is 0 Å². The Labute approximate surface area is 94.0 Å². The molecule has 2 heteroatoms. The number of fused-ring (bicyclic) bond motifs is 1. The predicted molar refractivity (Wildman–Crippen MR) is 64.8 cm³/mol. The van der Waals surface area contributed by atoms with Gasteiger partial charge >= 0.3 is 0 Å². The lowest BCUT2D eigenvalue weighted by Gasteiger charge is -2.25. The van der Waals surface area contributed by atoms with Gasteiger partial charge in [0.25, 0.3) is 0 Å². The largest absolute Gasteiger partial charge is 0.380 e. The first-order valence-electron chi connectivity index (χ1n) is 5.13. The number of benzene rings is 1. The van der Waals surface area contributed by atoms with Crippen molar-refractivity contribution < 1.29 is 0 Å². The van der Waals surface area contributed by atoms with Crippen LogP contribution in [0.25, 0.3) is 0 Å². The minimum atomic E-state index is 0.235. The summed E-state index contributed by atoms with van der Waals surface area (Å²) in [5.41, 5.74) is 2.97. The highest BCUT2D eigenvalue weighted by Gasteiger charge is 2.21. The van der Waals surface area contributed by atoms with E-state index in [1.165, 1.54) is 35.0 Å². The number of hydrogen-bond donors (Lipinski definition) is 1. The average Bonchev–Trinajstić information content (AvgIpc) is 2.22. The second-order valence-electron chi connectivity index (χ2n) is 4.66. The average molecular weight is 254 g/mol. The third kappa shape index (κ3) is 2.11. The molecule has 0 saturated carbocycles. The smallest absolute Gasteiger partial charge is 0.0377 e. The van der Waals surface area contributed by atoms with E-state index >= 15 is 0 Å². The first-order chi connectivity index (χ1) is 6.57. The van der Waals surface area contributed by atoms with Gasteiger partial charge in [-0.3, -0.25) is 0 Å². The molecule has 0 unspecified atom stereocenters. The maximum absolute atomic E-state index is 3.61. The van der Waals surface area contributed by atoms with Crippen molar-refractivity contribution in [1.29, 1.82) is 0 Å². The molecule has 0 fully saturated rings. The van der Waals surface area contributed by atoms with Crippen molar-refractivity contribution in [3.8, 4) is 0 Å². The van der Waals surface area contributed by atoms with Crippen LogP contribution in [0.2, 0.25) is 0 Å². The van der Waals surface area contributed by atoms with Crippen LogP contribution in [0, 0.1) is 0 Å². The van der Waals surface area contributed by atoms with Crippen LogP contribution in [0.4, 0.5) is 5.69 Å². The third-order valence-electron chi connectivity index (χ3n) is 2.79. The Morgan fingerprint density at radius 1 is 1.36 bits per heavy atom. The van der Waals surface area contributed by atoms with Crippen molar-refractivity contribution >= 4 is 21.6 Å². The molecule has 0 aromatic heterocycles. The highest BCUT2D eigenvalue weighted by molar-refractivity contribution is 9.10. The highest BCUT2D eigenvalue weighted by Crippen LogP contribution is 2.30. The van der Waals surface area contributed by atoms with E-state index < -0.39 is 0 Å². The Bertz CT molecular complexity index is 344. The number of nitrogens with one attached hydrogen (secondary N) is 1. The Kier molecular flexibility index (Phi) is 2.56. The van der Waals surface area contributed by atoms with Crippen molar-refractivity contribution in [1.82, 2.24) is 0 Å². The fourth-order valence-corrected chi connectivity index (χ4v) is 2.45. The molecule has 2 rings (SSSR count). The Hall–Kier alpha value is -0.500. The SMILES string of the molecule is CC1(C)CCCc2cc(Br)ccc2N1. The summed E-state index contributed by atoms with van der Waals surface area (Å²) in [4.78, 5) is 0. The molecule has 0 radical (unpaired) electrons. The Balaban J connectivity index is 2.37. The predicted octanol–water partition coefficient (Wildman–Crippen LogP) is 3.98. The number of halogens is 1. The zero-order valence-corrected chi connectivity index (χ0v) is 10.3. The summed E-state index contributed by atoms with van der Waals surface area (Å²) in [5, 5.41) is 3.61. The van der Waals surface area contributed by atoms with Crippen LogP contribution >= 0.6 is 15.9 Å². The topological polar surface area (TPSA) is 12.0 Å². The van der Waals surface area contributed by atoms with Gasteiger partial charge in [-0.15, -0.1) is 0 Å². The molecule has 0 bridgehead atoms. The van der Waals surface area contributed by atoms with E-state index in [1.807, 2.05) is 0 Å². The van der Waals surface area contributed by atoms with Crippen molar-refractivity contribution in [2.24, 2.45) is 0 Å². The lowest BCUT2D eigenvalue weighted by Crippen LogP contribution is -2.29. The summed E-state index contributed by atoms with van der Waals surface area (Å²) >= 11 is 3.52. The van der Waals surface area contributed by atoms with E-state index in [4.69, 9.17) is 0 Å². The lowest BCUT2D eigenvalue weighted by molar-refractivity contribution is 0.508. The zero-order chi connectivity index (χ0) is 10.2. The van der Waals surface area contributed by atoms with Crippen LogP contribution in [0.5, 0.6) is 0 Å². The maximum atomic E-state index is 3.61. The second-order valence-corrected chi connectivity index (χ2v) is 5.58. The van der Waals surface area contributed by atoms with Crippen LogP contribution in [-0.2, 0) is 6.42 Å². The molecule has 1 heterocycles. The Morgan fingerprint density at radius 2 is 2.14 bits per heavy atom. The lowest BCUT2D eigenvalue weighted by atomic mass is 9.99. The van der Waals surface area contributed by atoms with Gasteiger partial charge in [0.1, 0.15) is 0 Å². The standard InChI is InChI=1S/C12H16BrN/c1-12(2)7-3-4-9-8-10(13)5-6-11(9)14-12/h5-6,8,14H,3-4,7H2,1-2H3. The molecule has 0 atom stereocenters. The number of anilines is 1. The van der Waals surface area contributed by atoms with Gasteiger partial charge < -0.3 is 5.32 Å². The van der Waals surface area contributed by atoms with E-state index in [1.54, 1.807) is 0 Å². The van der Waals surface area contributed by atoms with E-state index in [-0.39, 0.29) is 5.54 Å². The van der Waals surface area contributed by atoms with Crippen molar-refractivity contribution in [2.75, 3.05) is 5.32 Å². The van der Waals surface area contributed by atoms with E-state index in [2.05, 4.69) is 53.3 Å². The molecule has 0 amide bonds. The van der Waals surface area contributed by atoms with E-state index in [0.29, 0.717) is 0 Å². The van der Waals surface area contributed by atoms with Crippen LogP contribution < -0.4 is 5.32 Å². The quantitative estimate of drug-likeness (QED) is 0.738. The molecule has 1 aromatic carbocycles. The van der Waals surface area contributed by atoms with Gasteiger partial charge in [0.15, 0.2) is 0 Å². The molecule has 1 N–H and O–H groups in total. The van der Waals surface area contributed by atoms with Gasteiger partial charge in [0.05, 0.1) is 0 Å². The monoisotopic (exact) mass is 253 g/mol. The Morgan fingerprint density at radius 3 is 2.93 bits per heavy atom. The molecule has 1 aromatic rings. The molecule has 1 aliphatic heterocycles. The minimum absolute atomic E-state index is 0.235. The number of aryl methyl sites for hydroxylation is 1. The summed E-state index contributed by atoms with van der Waals surface area (Å²) in [5.74, 6) is 0. The number of rotatable bonds is 0. The molecule has 76 valence electrons. The van der Waals surface area contributed by atoms with Gasteiger partial charge in [-0.2, -0.15) is 0 Å². The van der Waals surface area contributed by atoms with Gasteiger partial charge in [-0.25, -0.2) is 0 Å². The molecular formula is C12H16BrN. The third-order valence-corrected chi connectivity index (χ3v) is 3.28. The van der Waals surface area contributed by atoms with Crippen molar-refractivity contribution in [3.63, 3.8) is 0 Å². The van der Waals surface area contributed by atoms with Crippen LogP contribution in [0.15, 0.2) is 22.7 Å². The molecule has 0 spiro atoms. The summed E-state index contributed by atoms with van der Waals surface area (Å²) in [6.07, 6.45) is 3.69. The molecule has 14 heavy (non-hydrogen) atoms. The summed E-state index contributed by atoms with van der Waals surface area (Å²) < 4.78 is 1.18. The summed E-state index contributed by atoms with van der Waals surface area (Å²) in [6, 6.07) is 6.50. The maximum Gasteiger partial charge on any atom is 0.0377 e. The molecular weight excluding hydrogens is 238 g/mol. The van der Waals surface area contributed by atoms with Crippen LogP contribution in [0.3, 0.4) is 0 Å². The van der Waals surface area contributed by atoms with Crippen LogP contribution in [-0.4, -0.2) is 5.54 Å². The summed E-state index contributed by atoms with van der Waals surface area (Å²) in [7, 11) is 0. The first-order valence-corrected chi connectivity index (χ1v) is 5.93. The summed E-state index contributed by atoms with van der Waals surface area (Å²) in [6.45, 7) is 4.54. The molecule has 0 aliphatic carbocycles. The normalized spacial score (nSPS) is 19.4. The molecule has 1 aliphatic rings.